The largest absolute Gasteiger partial charge is 0.391 e. The zero-order valence-corrected chi connectivity index (χ0v) is 10.7. The highest BCUT2D eigenvalue weighted by molar-refractivity contribution is 5.41. The monoisotopic (exact) mass is 241 g/mol. The number of aliphatic hydroxyl groups is 1. The molecule has 0 bridgehead atoms. The van der Waals surface area contributed by atoms with Crippen LogP contribution >= 0.6 is 0 Å². The van der Waals surface area contributed by atoms with E-state index >= 15 is 0 Å². The Morgan fingerprint density at radius 1 is 1.41 bits per heavy atom. The second-order valence-corrected chi connectivity index (χ2v) is 4.13. The van der Waals surface area contributed by atoms with Gasteiger partial charge in [0, 0.05) is 0 Å². The van der Waals surface area contributed by atoms with Crippen molar-refractivity contribution in [3.8, 4) is 0 Å². The van der Waals surface area contributed by atoms with Crippen LogP contribution in [0.4, 0.5) is 5.69 Å². The molecule has 6 heteroatoms. The minimum atomic E-state index is -0.593. The van der Waals surface area contributed by atoms with Gasteiger partial charge in [0.2, 0.25) is 0 Å². The van der Waals surface area contributed by atoms with Gasteiger partial charge < -0.3 is 5.11 Å². The summed E-state index contributed by atoms with van der Waals surface area (Å²) in [6, 6.07) is -0.260. The van der Waals surface area contributed by atoms with Crippen LogP contribution in [-0.2, 0) is 12.8 Å². The van der Waals surface area contributed by atoms with E-state index in [2.05, 4.69) is 5.10 Å². The van der Waals surface area contributed by atoms with Crippen molar-refractivity contribution < 1.29 is 10.0 Å². The molecule has 2 unspecified atom stereocenters. The number of aliphatic hydroxyl groups excluding tert-OH is 1. The van der Waals surface area contributed by atoms with Crippen LogP contribution in [0.25, 0.3) is 0 Å². The topological polar surface area (TPSA) is 81.2 Å². The van der Waals surface area contributed by atoms with Crippen LogP contribution in [0.5, 0.6) is 0 Å². The fourth-order valence-corrected chi connectivity index (χ4v) is 1.83. The molecule has 2 atom stereocenters. The van der Waals surface area contributed by atoms with E-state index in [-0.39, 0.29) is 16.7 Å². The quantitative estimate of drug-likeness (QED) is 0.630. The van der Waals surface area contributed by atoms with E-state index in [1.807, 2.05) is 13.8 Å². The van der Waals surface area contributed by atoms with Crippen molar-refractivity contribution in [3.05, 3.63) is 21.5 Å². The van der Waals surface area contributed by atoms with Gasteiger partial charge in [-0.25, -0.2) is 0 Å². The molecular formula is C11H19N3O3. The van der Waals surface area contributed by atoms with Gasteiger partial charge in [0.05, 0.1) is 17.1 Å². The van der Waals surface area contributed by atoms with Crippen molar-refractivity contribution in [2.45, 2.75) is 52.7 Å². The molecule has 1 N–H and O–H groups in total. The Morgan fingerprint density at radius 2 is 2.00 bits per heavy atom. The zero-order chi connectivity index (χ0) is 13.2. The summed E-state index contributed by atoms with van der Waals surface area (Å²) in [4.78, 5) is 10.7. The first-order chi connectivity index (χ1) is 7.93. The minimum Gasteiger partial charge on any atom is -0.391 e. The number of aryl methyl sites for hydroxylation is 1. The fraction of sp³-hybridized carbons (Fsp3) is 0.727. The van der Waals surface area contributed by atoms with E-state index in [0.29, 0.717) is 24.2 Å². The van der Waals surface area contributed by atoms with E-state index in [9.17, 15) is 15.2 Å². The summed E-state index contributed by atoms with van der Waals surface area (Å²) >= 11 is 0. The maximum Gasteiger partial charge on any atom is 0.313 e. The second kappa shape index (κ2) is 5.27. The summed E-state index contributed by atoms with van der Waals surface area (Å²) in [5.74, 6) is 0. The molecule has 1 aromatic heterocycles. The summed E-state index contributed by atoms with van der Waals surface area (Å²) in [5, 5.41) is 24.9. The molecule has 0 spiro atoms. The second-order valence-electron chi connectivity index (χ2n) is 4.13. The van der Waals surface area contributed by atoms with Gasteiger partial charge >= 0.3 is 5.69 Å². The van der Waals surface area contributed by atoms with Crippen LogP contribution < -0.4 is 0 Å². The van der Waals surface area contributed by atoms with Gasteiger partial charge in [-0.2, -0.15) is 5.10 Å². The minimum absolute atomic E-state index is 0.0995. The molecule has 0 amide bonds. The third kappa shape index (κ3) is 2.46. The third-order valence-corrected chi connectivity index (χ3v) is 2.99. The molecule has 0 radical (unpaired) electrons. The van der Waals surface area contributed by atoms with Gasteiger partial charge in [-0.1, -0.05) is 13.8 Å². The maximum atomic E-state index is 11.1. The Morgan fingerprint density at radius 3 is 2.35 bits per heavy atom. The summed E-state index contributed by atoms with van der Waals surface area (Å²) in [7, 11) is 0. The van der Waals surface area contributed by atoms with E-state index in [1.165, 1.54) is 0 Å². The lowest BCUT2D eigenvalue weighted by molar-refractivity contribution is -0.386. The van der Waals surface area contributed by atoms with Crippen LogP contribution in [0, 0.1) is 10.1 Å². The van der Waals surface area contributed by atoms with E-state index in [0.717, 1.165) is 0 Å². The van der Waals surface area contributed by atoms with Gasteiger partial charge in [-0.15, -0.1) is 0 Å². The molecule has 17 heavy (non-hydrogen) atoms. The molecule has 0 saturated carbocycles. The number of nitro groups is 1. The molecule has 96 valence electrons. The average molecular weight is 241 g/mol. The number of hydrogen-bond donors (Lipinski definition) is 1. The Kier molecular flexibility index (Phi) is 4.22. The SMILES string of the molecule is CCc1nn(C(C)C(C)O)c(CC)c1[N+](=O)[O-]. The normalized spacial score (nSPS) is 14.6. The van der Waals surface area contributed by atoms with Crippen LogP contribution in [0.1, 0.15) is 45.1 Å². The molecule has 1 heterocycles. The molecule has 1 rings (SSSR count). The predicted octanol–water partition coefficient (Wildman–Crippen LogP) is 1.86. The third-order valence-electron chi connectivity index (χ3n) is 2.99. The Labute approximate surface area is 100 Å². The number of aromatic nitrogens is 2. The van der Waals surface area contributed by atoms with Gasteiger partial charge in [0.25, 0.3) is 0 Å². The average Bonchev–Trinajstić information content (AvgIpc) is 2.65. The Balaban J connectivity index is 3.37. The number of rotatable bonds is 5. The van der Waals surface area contributed by atoms with Crippen molar-refractivity contribution >= 4 is 5.69 Å². The Bertz CT molecular complexity index is 412. The van der Waals surface area contributed by atoms with Crippen molar-refractivity contribution in [1.29, 1.82) is 0 Å². The van der Waals surface area contributed by atoms with E-state index in [4.69, 9.17) is 0 Å². The molecule has 0 aromatic carbocycles. The lowest BCUT2D eigenvalue weighted by Crippen LogP contribution is -2.21. The van der Waals surface area contributed by atoms with Gasteiger partial charge in [-0.05, 0) is 26.7 Å². The van der Waals surface area contributed by atoms with Crippen LogP contribution in [0.2, 0.25) is 0 Å². The molecule has 0 aliphatic rings. The molecule has 6 nitrogen and oxygen atoms in total. The molecular weight excluding hydrogens is 222 g/mol. The summed E-state index contributed by atoms with van der Waals surface area (Å²) < 4.78 is 1.58. The molecule has 0 fully saturated rings. The first-order valence-electron chi connectivity index (χ1n) is 5.86. The van der Waals surface area contributed by atoms with Crippen molar-refractivity contribution in [1.82, 2.24) is 9.78 Å². The molecule has 0 aliphatic carbocycles. The van der Waals surface area contributed by atoms with Gasteiger partial charge in [-0.3, -0.25) is 14.8 Å². The maximum absolute atomic E-state index is 11.1. The highest BCUT2D eigenvalue weighted by atomic mass is 16.6. The van der Waals surface area contributed by atoms with Crippen molar-refractivity contribution in [3.63, 3.8) is 0 Å². The smallest absolute Gasteiger partial charge is 0.313 e. The summed E-state index contributed by atoms with van der Waals surface area (Å²) in [6.07, 6.45) is 0.452. The molecule has 0 saturated heterocycles. The van der Waals surface area contributed by atoms with E-state index in [1.54, 1.807) is 18.5 Å². The number of hydrogen-bond acceptors (Lipinski definition) is 4. The fourth-order valence-electron chi connectivity index (χ4n) is 1.83. The van der Waals surface area contributed by atoms with Crippen molar-refractivity contribution in [2.24, 2.45) is 0 Å². The first kappa shape index (κ1) is 13.6. The van der Waals surface area contributed by atoms with E-state index < -0.39 is 6.10 Å². The number of nitrogens with zero attached hydrogens (tertiary/aromatic N) is 3. The van der Waals surface area contributed by atoms with Gasteiger partial charge in [0.1, 0.15) is 11.4 Å². The summed E-state index contributed by atoms with van der Waals surface area (Å²) in [6.45, 7) is 7.16. The van der Waals surface area contributed by atoms with Crippen molar-refractivity contribution in [2.75, 3.05) is 0 Å². The molecule has 1 aromatic rings. The predicted molar refractivity (Wildman–Crippen MR) is 64.0 cm³/mol. The lowest BCUT2D eigenvalue weighted by atomic mass is 10.2. The molecule has 0 aliphatic heterocycles. The zero-order valence-electron chi connectivity index (χ0n) is 10.7. The summed E-state index contributed by atoms with van der Waals surface area (Å²) in [5.41, 5.74) is 1.17. The Hall–Kier alpha value is -1.43. The first-order valence-corrected chi connectivity index (χ1v) is 5.86. The standard InChI is InChI=1S/C11H19N3O3/c1-5-9-11(14(16)17)10(6-2)13(12-9)7(3)8(4)15/h7-8,15H,5-6H2,1-4H3. The van der Waals surface area contributed by atoms with Crippen LogP contribution in [-0.4, -0.2) is 25.9 Å². The lowest BCUT2D eigenvalue weighted by Gasteiger charge is -2.17. The van der Waals surface area contributed by atoms with Crippen LogP contribution in [0.3, 0.4) is 0 Å². The highest BCUT2D eigenvalue weighted by Gasteiger charge is 2.28. The van der Waals surface area contributed by atoms with Crippen LogP contribution in [0.15, 0.2) is 0 Å². The highest BCUT2D eigenvalue weighted by Crippen LogP contribution is 2.28. The van der Waals surface area contributed by atoms with Gasteiger partial charge in [0.15, 0.2) is 0 Å².